The van der Waals surface area contributed by atoms with E-state index in [4.69, 9.17) is 10.7 Å². The van der Waals surface area contributed by atoms with Gasteiger partial charge in [0, 0.05) is 27.4 Å². The Hall–Kier alpha value is -1.62. The van der Waals surface area contributed by atoms with Crippen LogP contribution in [0.25, 0.3) is 21.8 Å². The van der Waals surface area contributed by atoms with Crippen molar-refractivity contribution in [1.82, 2.24) is 4.98 Å². The fourth-order valence-electron chi connectivity index (χ4n) is 2.49. The van der Waals surface area contributed by atoms with E-state index >= 15 is 0 Å². The number of hydrogen-bond donors (Lipinski definition) is 1. The molecule has 2 nitrogen and oxygen atoms in total. The highest BCUT2D eigenvalue weighted by Crippen LogP contribution is 2.34. The van der Waals surface area contributed by atoms with Crippen LogP contribution >= 0.6 is 23.1 Å². The van der Waals surface area contributed by atoms with Gasteiger partial charge in [-0.3, -0.25) is 0 Å². The summed E-state index contributed by atoms with van der Waals surface area (Å²) in [7, 11) is 0. The summed E-state index contributed by atoms with van der Waals surface area (Å²) in [4.78, 5) is 7.42. The quantitative estimate of drug-likeness (QED) is 0.636. The van der Waals surface area contributed by atoms with Gasteiger partial charge in [-0.05, 0) is 36.4 Å². The van der Waals surface area contributed by atoms with E-state index in [9.17, 15) is 0 Å². The highest BCUT2D eigenvalue weighted by Gasteiger charge is 2.11. The molecule has 2 N–H and O–H groups in total. The summed E-state index contributed by atoms with van der Waals surface area (Å²) in [6.45, 7) is 4.87. The van der Waals surface area contributed by atoms with Gasteiger partial charge in [-0.1, -0.05) is 37.3 Å². The van der Waals surface area contributed by atoms with E-state index in [2.05, 4.69) is 56.3 Å². The molecule has 3 rings (SSSR count). The fraction of sp³-hybridized carbons (Fsp3) is 0.211. The van der Waals surface area contributed by atoms with Gasteiger partial charge < -0.3 is 5.73 Å². The summed E-state index contributed by atoms with van der Waals surface area (Å²) in [6.07, 6.45) is 0. The zero-order chi connectivity index (χ0) is 16.2. The molecule has 0 saturated carbocycles. The van der Waals surface area contributed by atoms with Crippen LogP contribution in [-0.2, 0) is 6.54 Å². The summed E-state index contributed by atoms with van der Waals surface area (Å²) in [5, 5.41) is 1.06. The highest BCUT2D eigenvalue weighted by atomic mass is 32.2. The number of aromatic nitrogens is 1. The van der Waals surface area contributed by atoms with Crippen LogP contribution in [-0.4, -0.2) is 10.7 Å². The number of thioether (sulfide) groups is 1. The van der Waals surface area contributed by atoms with Crippen molar-refractivity contribution < 1.29 is 0 Å². The number of thiazole rings is 1. The maximum atomic E-state index is 5.74. The zero-order valence-electron chi connectivity index (χ0n) is 13.4. The molecule has 23 heavy (non-hydrogen) atoms. The average molecular weight is 341 g/mol. The SMILES string of the molecule is CCSc1ccc(-c2nc(-c3cccc(CN)c3)sc2C)cc1. The Labute approximate surface area is 145 Å². The second-order valence-corrected chi connectivity index (χ2v) is 7.83. The second-order valence-electron chi connectivity index (χ2n) is 5.29. The molecule has 3 aromatic rings. The van der Waals surface area contributed by atoms with Crippen molar-refractivity contribution in [1.29, 1.82) is 0 Å². The Kier molecular flexibility index (Phi) is 5.16. The van der Waals surface area contributed by atoms with Crippen LogP contribution in [0.3, 0.4) is 0 Å². The largest absolute Gasteiger partial charge is 0.326 e. The number of aryl methyl sites for hydroxylation is 1. The van der Waals surface area contributed by atoms with Gasteiger partial charge in [0.2, 0.25) is 0 Å². The van der Waals surface area contributed by atoms with Crippen LogP contribution < -0.4 is 5.73 Å². The lowest BCUT2D eigenvalue weighted by molar-refractivity contribution is 1.07. The third-order valence-corrected chi connectivity index (χ3v) is 5.56. The summed E-state index contributed by atoms with van der Waals surface area (Å²) >= 11 is 3.60. The Morgan fingerprint density at radius 2 is 1.87 bits per heavy atom. The zero-order valence-corrected chi connectivity index (χ0v) is 15.0. The molecule has 0 aliphatic carbocycles. The normalized spacial score (nSPS) is 10.9. The number of hydrogen-bond acceptors (Lipinski definition) is 4. The van der Waals surface area contributed by atoms with Gasteiger partial charge in [-0.25, -0.2) is 4.98 Å². The molecule has 1 aromatic heterocycles. The lowest BCUT2D eigenvalue weighted by atomic mass is 10.1. The minimum absolute atomic E-state index is 0.557. The van der Waals surface area contributed by atoms with Gasteiger partial charge in [0.25, 0.3) is 0 Å². The van der Waals surface area contributed by atoms with Crippen molar-refractivity contribution in [2.75, 3.05) is 5.75 Å². The molecule has 1 heterocycles. The molecule has 0 radical (unpaired) electrons. The fourth-order valence-corrected chi connectivity index (χ4v) is 4.09. The van der Waals surface area contributed by atoms with Crippen molar-refractivity contribution in [3.05, 3.63) is 59.0 Å². The minimum Gasteiger partial charge on any atom is -0.326 e. The van der Waals surface area contributed by atoms with Crippen molar-refractivity contribution in [2.24, 2.45) is 5.73 Å². The predicted molar refractivity (Wildman–Crippen MR) is 102 cm³/mol. The van der Waals surface area contributed by atoms with Crippen LogP contribution in [0.1, 0.15) is 17.4 Å². The molecule has 2 aromatic carbocycles. The van der Waals surface area contributed by atoms with Crippen molar-refractivity contribution in [3.63, 3.8) is 0 Å². The van der Waals surface area contributed by atoms with Crippen molar-refractivity contribution >= 4 is 23.1 Å². The monoisotopic (exact) mass is 340 g/mol. The van der Waals surface area contributed by atoms with Crippen LogP contribution in [0.4, 0.5) is 0 Å². The first-order chi connectivity index (χ1) is 11.2. The number of benzene rings is 2. The summed E-state index contributed by atoms with van der Waals surface area (Å²) < 4.78 is 0. The van der Waals surface area contributed by atoms with Gasteiger partial charge in [-0.15, -0.1) is 23.1 Å². The first-order valence-electron chi connectivity index (χ1n) is 7.71. The lowest BCUT2D eigenvalue weighted by Crippen LogP contribution is -1.95. The van der Waals surface area contributed by atoms with Gasteiger partial charge in [0.1, 0.15) is 5.01 Å². The van der Waals surface area contributed by atoms with Gasteiger partial charge in [0.05, 0.1) is 5.69 Å². The van der Waals surface area contributed by atoms with Crippen LogP contribution in [0.2, 0.25) is 0 Å². The van der Waals surface area contributed by atoms with Crippen molar-refractivity contribution in [2.45, 2.75) is 25.3 Å². The molecular weight excluding hydrogens is 320 g/mol. The molecule has 4 heteroatoms. The maximum Gasteiger partial charge on any atom is 0.124 e. The van der Waals surface area contributed by atoms with Gasteiger partial charge in [-0.2, -0.15) is 0 Å². The molecule has 0 aliphatic rings. The van der Waals surface area contributed by atoms with Gasteiger partial charge >= 0.3 is 0 Å². The molecule has 0 spiro atoms. The van der Waals surface area contributed by atoms with E-state index in [0.717, 1.165) is 27.6 Å². The minimum atomic E-state index is 0.557. The third kappa shape index (κ3) is 3.66. The van der Waals surface area contributed by atoms with E-state index < -0.39 is 0 Å². The molecule has 0 atom stereocenters. The smallest absolute Gasteiger partial charge is 0.124 e. The predicted octanol–water partition coefficient (Wildman–Crippen LogP) is 5.36. The molecule has 0 unspecified atom stereocenters. The van der Waals surface area contributed by atoms with E-state index in [0.29, 0.717) is 6.54 Å². The number of nitrogens with zero attached hydrogens (tertiary/aromatic N) is 1. The third-order valence-electron chi connectivity index (χ3n) is 3.64. The molecular formula is C19H20N2S2. The van der Waals surface area contributed by atoms with E-state index in [1.807, 2.05) is 17.8 Å². The lowest BCUT2D eigenvalue weighted by Gasteiger charge is -2.02. The Morgan fingerprint density at radius 3 is 2.57 bits per heavy atom. The molecule has 0 fully saturated rings. The second kappa shape index (κ2) is 7.30. The standard InChI is InChI=1S/C19H20N2S2/c1-3-22-17-9-7-15(8-10-17)18-13(2)23-19(21-18)16-6-4-5-14(11-16)12-20/h4-11H,3,12,20H2,1-2H3. The highest BCUT2D eigenvalue weighted by molar-refractivity contribution is 7.99. The van der Waals surface area contributed by atoms with E-state index in [-0.39, 0.29) is 0 Å². The number of rotatable bonds is 5. The van der Waals surface area contributed by atoms with E-state index in [1.54, 1.807) is 11.3 Å². The Bertz CT molecular complexity index is 791. The molecule has 118 valence electrons. The van der Waals surface area contributed by atoms with Crippen molar-refractivity contribution in [3.8, 4) is 21.8 Å². The molecule has 0 saturated heterocycles. The summed E-state index contributed by atoms with van der Waals surface area (Å²) in [5.41, 5.74) is 10.3. The Balaban J connectivity index is 1.94. The number of nitrogens with two attached hydrogens (primary N) is 1. The molecule has 0 bridgehead atoms. The average Bonchev–Trinajstić information content (AvgIpc) is 2.98. The van der Waals surface area contributed by atoms with Crippen LogP contribution in [0, 0.1) is 6.92 Å². The first-order valence-corrected chi connectivity index (χ1v) is 9.51. The summed E-state index contributed by atoms with van der Waals surface area (Å²) in [5.74, 6) is 1.09. The first kappa shape index (κ1) is 16.2. The Morgan fingerprint density at radius 1 is 1.09 bits per heavy atom. The van der Waals surface area contributed by atoms with Gasteiger partial charge in [0.15, 0.2) is 0 Å². The van der Waals surface area contributed by atoms with E-state index in [1.165, 1.54) is 15.3 Å². The van der Waals surface area contributed by atoms with Crippen LogP contribution in [0.5, 0.6) is 0 Å². The van der Waals surface area contributed by atoms with Crippen LogP contribution in [0.15, 0.2) is 53.4 Å². The topological polar surface area (TPSA) is 38.9 Å². The summed E-state index contributed by atoms with van der Waals surface area (Å²) in [6, 6.07) is 17.0. The molecule has 0 aliphatic heterocycles. The molecule has 0 amide bonds. The maximum absolute atomic E-state index is 5.74.